The Morgan fingerprint density at radius 2 is 1.26 bits per heavy atom. The molecule has 1 saturated carbocycles. The molecule has 1 fully saturated rings. The molecular formula is C29H30BrO4S+. The van der Waals surface area contributed by atoms with E-state index in [-0.39, 0.29) is 34.9 Å². The topological polar surface area (TPSA) is 52.6 Å². The van der Waals surface area contributed by atoms with Crippen LogP contribution in [0.4, 0.5) is 0 Å². The number of ether oxygens (including phenoxy) is 2. The Morgan fingerprint density at radius 1 is 0.771 bits per heavy atom. The van der Waals surface area contributed by atoms with Crippen LogP contribution in [-0.4, -0.2) is 22.4 Å². The zero-order valence-corrected chi connectivity index (χ0v) is 22.4. The quantitative estimate of drug-likeness (QED) is 0.137. The molecule has 0 bridgehead atoms. The maximum Gasteiger partial charge on any atom is 0.322 e. The van der Waals surface area contributed by atoms with Gasteiger partial charge in [0, 0.05) is 0 Å². The first-order chi connectivity index (χ1) is 16.8. The summed E-state index contributed by atoms with van der Waals surface area (Å²) in [7, 11) is -0.241. The molecule has 0 atom stereocenters. The lowest BCUT2D eigenvalue weighted by Gasteiger charge is -2.28. The summed E-state index contributed by atoms with van der Waals surface area (Å²) in [4.78, 5) is 28.5. The Kier molecular flexibility index (Phi) is 8.34. The maximum absolute atomic E-state index is 12.8. The molecule has 3 aromatic rings. The first kappa shape index (κ1) is 25.5. The fraction of sp³-hybridized carbons (Fsp3) is 0.310. The maximum atomic E-state index is 12.8. The molecule has 182 valence electrons. The number of hydrogen-bond donors (Lipinski definition) is 0. The Bertz CT molecular complexity index is 1080. The second-order valence-electron chi connectivity index (χ2n) is 9.18. The first-order valence-corrected chi connectivity index (χ1v) is 13.9. The molecule has 1 aliphatic rings. The summed E-state index contributed by atoms with van der Waals surface area (Å²) >= 11 is 3.33. The second kappa shape index (κ2) is 11.4. The molecule has 0 aliphatic heterocycles. The fourth-order valence-electron chi connectivity index (χ4n) is 4.07. The molecule has 3 aromatic carbocycles. The number of alkyl halides is 1. The van der Waals surface area contributed by atoms with Gasteiger partial charge in [0.05, 0.1) is 16.8 Å². The molecule has 4 nitrogen and oxygen atoms in total. The molecule has 0 amide bonds. The van der Waals surface area contributed by atoms with Gasteiger partial charge in [-0.15, -0.1) is 0 Å². The van der Waals surface area contributed by atoms with Gasteiger partial charge in [-0.3, -0.25) is 9.59 Å². The highest BCUT2D eigenvalue weighted by molar-refractivity contribution is 9.10. The number of halogens is 1. The molecule has 0 saturated heterocycles. The average molecular weight is 555 g/mol. The van der Waals surface area contributed by atoms with Crippen LogP contribution >= 0.6 is 15.9 Å². The van der Waals surface area contributed by atoms with Gasteiger partial charge in [-0.25, -0.2) is 0 Å². The Balaban J connectivity index is 1.38. The molecule has 0 aromatic heterocycles. The molecule has 0 heterocycles. The SMILES string of the molecule is CC(C)(Br)C(=O)OC1CCC(C(=O)Oc2ccc([S+](c3ccccc3)c3ccccc3)cc2)CC1. The number of benzene rings is 3. The number of carbonyl (C=O) groups excluding carboxylic acids is 2. The molecule has 1 aliphatic carbocycles. The van der Waals surface area contributed by atoms with Crippen LogP contribution in [0.15, 0.2) is 99.6 Å². The predicted octanol–water partition coefficient (Wildman–Crippen LogP) is 6.96. The first-order valence-electron chi connectivity index (χ1n) is 11.9. The summed E-state index contributed by atoms with van der Waals surface area (Å²) in [5.41, 5.74) is 0. The van der Waals surface area contributed by atoms with E-state index in [4.69, 9.17) is 9.47 Å². The number of carbonyl (C=O) groups is 2. The van der Waals surface area contributed by atoms with E-state index >= 15 is 0 Å². The van der Waals surface area contributed by atoms with E-state index in [0.717, 1.165) is 0 Å². The highest BCUT2D eigenvalue weighted by atomic mass is 79.9. The van der Waals surface area contributed by atoms with Gasteiger partial charge in [0.1, 0.15) is 16.2 Å². The van der Waals surface area contributed by atoms with Crippen LogP contribution < -0.4 is 4.74 Å². The number of rotatable bonds is 7. The van der Waals surface area contributed by atoms with Crippen molar-refractivity contribution < 1.29 is 19.1 Å². The van der Waals surface area contributed by atoms with Crippen molar-refractivity contribution in [2.24, 2.45) is 5.92 Å². The van der Waals surface area contributed by atoms with E-state index in [1.807, 2.05) is 36.4 Å². The monoisotopic (exact) mass is 553 g/mol. The van der Waals surface area contributed by atoms with Crippen molar-refractivity contribution in [2.75, 3.05) is 0 Å². The van der Waals surface area contributed by atoms with E-state index < -0.39 is 4.32 Å². The minimum atomic E-state index is -0.699. The van der Waals surface area contributed by atoms with E-state index in [1.54, 1.807) is 13.8 Å². The highest BCUT2D eigenvalue weighted by Gasteiger charge is 2.33. The molecule has 6 heteroatoms. The smallest absolute Gasteiger partial charge is 0.322 e. The average Bonchev–Trinajstić information content (AvgIpc) is 2.86. The molecule has 35 heavy (non-hydrogen) atoms. The van der Waals surface area contributed by atoms with Crippen LogP contribution in [0.25, 0.3) is 0 Å². The van der Waals surface area contributed by atoms with Crippen LogP contribution in [0.5, 0.6) is 5.75 Å². The van der Waals surface area contributed by atoms with Gasteiger partial charge >= 0.3 is 11.9 Å². The van der Waals surface area contributed by atoms with Crippen LogP contribution in [0.2, 0.25) is 0 Å². The standard InChI is InChI=1S/C29H30BrO4S/c1-29(2,30)28(32)34-23-15-13-21(14-16-23)27(31)33-22-17-19-26(20-18-22)35(24-9-5-3-6-10-24)25-11-7-4-8-12-25/h3-12,17-21,23H,13-16H2,1-2H3/q+1. The third-order valence-electron chi connectivity index (χ3n) is 6.00. The predicted molar refractivity (Wildman–Crippen MR) is 142 cm³/mol. The van der Waals surface area contributed by atoms with Gasteiger partial charge < -0.3 is 9.47 Å². The van der Waals surface area contributed by atoms with Crippen LogP contribution in [-0.2, 0) is 25.2 Å². The van der Waals surface area contributed by atoms with Crippen LogP contribution in [0.3, 0.4) is 0 Å². The summed E-state index contributed by atoms with van der Waals surface area (Å²) in [6.45, 7) is 3.54. The van der Waals surface area contributed by atoms with Crippen molar-refractivity contribution in [3.05, 3.63) is 84.9 Å². The lowest BCUT2D eigenvalue weighted by atomic mass is 9.87. The second-order valence-corrected chi connectivity index (χ2v) is 13.2. The minimum Gasteiger partial charge on any atom is -0.461 e. The Labute approximate surface area is 218 Å². The van der Waals surface area contributed by atoms with Gasteiger partial charge in [0.15, 0.2) is 14.7 Å². The molecule has 0 unspecified atom stereocenters. The minimum absolute atomic E-state index is 0.142. The van der Waals surface area contributed by atoms with Gasteiger partial charge in [0.25, 0.3) is 0 Å². The van der Waals surface area contributed by atoms with Crippen LogP contribution in [0.1, 0.15) is 39.5 Å². The lowest BCUT2D eigenvalue weighted by Crippen LogP contribution is -2.34. The third kappa shape index (κ3) is 6.77. The highest BCUT2D eigenvalue weighted by Crippen LogP contribution is 2.33. The molecule has 0 spiro atoms. The normalized spacial score (nSPS) is 18.2. The molecule has 4 rings (SSSR count). The van der Waals surface area contributed by atoms with E-state index in [9.17, 15) is 9.59 Å². The van der Waals surface area contributed by atoms with E-state index in [1.165, 1.54) is 14.7 Å². The largest absolute Gasteiger partial charge is 0.461 e. The summed E-state index contributed by atoms with van der Waals surface area (Å²) < 4.78 is 10.6. The van der Waals surface area contributed by atoms with Crippen molar-refractivity contribution in [1.29, 1.82) is 0 Å². The zero-order valence-electron chi connectivity index (χ0n) is 20.0. The van der Waals surface area contributed by atoms with Crippen LogP contribution in [0, 0.1) is 5.92 Å². The van der Waals surface area contributed by atoms with E-state index in [0.29, 0.717) is 31.4 Å². The van der Waals surface area contributed by atoms with Gasteiger partial charge in [0.2, 0.25) is 0 Å². The van der Waals surface area contributed by atoms with Crippen molar-refractivity contribution >= 4 is 38.8 Å². The summed E-state index contributed by atoms with van der Waals surface area (Å²) in [5, 5.41) is 0. The summed E-state index contributed by atoms with van der Waals surface area (Å²) in [5.74, 6) is -0.106. The Hall–Kier alpha value is -2.57. The summed E-state index contributed by atoms with van der Waals surface area (Å²) in [6.07, 6.45) is 2.51. The van der Waals surface area contributed by atoms with Crippen molar-refractivity contribution in [2.45, 2.75) is 64.6 Å². The van der Waals surface area contributed by atoms with Crippen molar-refractivity contribution in [3.8, 4) is 5.75 Å². The zero-order chi connectivity index (χ0) is 24.8. The van der Waals surface area contributed by atoms with E-state index in [2.05, 4.69) is 64.5 Å². The Morgan fingerprint density at radius 3 is 1.74 bits per heavy atom. The van der Waals surface area contributed by atoms with Crippen molar-refractivity contribution in [3.63, 3.8) is 0 Å². The molecule has 0 radical (unpaired) electrons. The van der Waals surface area contributed by atoms with Gasteiger partial charge in [-0.2, -0.15) is 0 Å². The number of esters is 2. The van der Waals surface area contributed by atoms with Crippen molar-refractivity contribution in [1.82, 2.24) is 0 Å². The summed E-state index contributed by atoms with van der Waals surface area (Å²) in [6, 6.07) is 28.7. The lowest BCUT2D eigenvalue weighted by molar-refractivity contribution is -0.153. The molecular weight excluding hydrogens is 524 g/mol. The van der Waals surface area contributed by atoms with Gasteiger partial charge in [-0.05, 0) is 88.1 Å². The molecule has 0 N–H and O–H groups in total. The fourth-order valence-corrected chi connectivity index (χ4v) is 6.25. The van der Waals surface area contributed by atoms with Gasteiger partial charge in [-0.1, -0.05) is 52.3 Å². The number of hydrogen-bond acceptors (Lipinski definition) is 4. The third-order valence-corrected chi connectivity index (χ3v) is 8.56.